The molecule has 5 rings (SSSR count). The van der Waals surface area contributed by atoms with E-state index >= 15 is 0 Å². The van der Waals surface area contributed by atoms with Crippen molar-refractivity contribution >= 4 is 11.9 Å². The minimum atomic E-state index is -5.13. The van der Waals surface area contributed by atoms with Gasteiger partial charge in [0.15, 0.2) is 5.79 Å². The first-order chi connectivity index (χ1) is 20.9. The van der Waals surface area contributed by atoms with Crippen LogP contribution in [-0.2, 0) is 39.3 Å². The maximum atomic E-state index is 13.8. The van der Waals surface area contributed by atoms with Crippen LogP contribution in [0, 0.1) is 0 Å². The van der Waals surface area contributed by atoms with Gasteiger partial charge in [0.2, 0.25) is 0 Å². The van der Waals surface area contributed by atoms with Gasteiger partial charge in [-0.25, -0.2) is 9.78 Å². The highest BCUT2D eigenvalue weighted by molar-refractivity contribution is 5.71. The third-order valence-corrected chi connectivity index (χ3v) is 8.53. The van der Waals surface area contributed by atoms with Gasteiger partial charge in [0.05, 0.1) is 42.5 Å². The predicted molar refractivity (Wildman–Crippen MR) is 140 cm³/mol. The largest absolute Gasteiger partial charge is 0.439 e. The number of hydrogen-bond donors (Lipinski definition) is 0. The Kier molecular flexibility index (Phi) is 8.70. The summed E-state index contributed by atoms with van der Waals surface area (Å²) in [7, 11) is 0. The van der Waals surface area contributed by atoms with Crippen molar-refractivity contribution in [2.45, 2.75) is 88.6 Å². The van der Waals surface area contributed by atoms with Crippen molar-refractivity contribution < 1.29 is 58.5 Å². The molecule has 16 heteroatoms. The molecule has 2 saturated heterocycles. The van der Waals surface area contributed by atoms with Gasteiger partial charge < -0.3 is 19.1 Å². The van der Waals surface area contributed by atoms with Crippen LogP contribution < -0.4 is 4.90 Å². The SMILES string of the molecule is CCN(c1ncc(C(F)(F)F)cc1CN1C(=O)OC(c2cc(C(F)(F)F)cc(C(F)(F)F)c2)C1C)C1CCC2(CC1)OCCO2. The molecule has 1 spiro atoms. The number of anilines is 1. The molecule has 1 aromatic carbocycles. The highest BCUT2D eigenvalue weighted by Gasteiger charge is 2.45. The molecule has 3 fully saturated rings. The molecule has 1 amide bonds. The summed E-state index contributed by atoms with van der Waals surface area (Å²) < 4.78 is 139. The highest BCUT2D eigenvalue weighted by atomic mass is 19.4. The molecule has 0 bridgehead atoms. The maximum Gasteiger partial charge on any atom is 0.417 e. The Hall–Kier alpha value is -3.27. The zero-order valence-corrected chi connectivity index (χ0v) is 24.2. The summed E-state index contributed by atoms with van der Waals surface area (Å²) in [5.41, 5.74) is -4.81. The number of aromatic nitrogens is 1. The zero-order chi connectivity index (χ0) is 32.9. The lowest BCUT2D eigenvalue weighted by Gasteiger charge is -2.41. The van der Waals surface area contributed by atoms with Crippen molar-refractivity contribution in [3.05, 3.63) is 58.3 Å². The van der Waals surface area contributed by atoms with Crippen LogP contribution in [0.15, 0.2) is 30.5 Å². The van der Waals surface area contributed by atoms with Crippen molar-refractivity contribution in [1.29, 1.82) is 0 Å². The van der Waals surface area contributed by atoms with Gasteiger partial charge >= 0.3 is 24.6 Å². The van der Waals surface area contributed by atoms with Crippen LogP contribution in [0.3, 0.4) is 0 Å². The van der Waals surface area contributed by atoms with E-state index in [0.717, 1.165) is 11.0 Å². The van der Waals surface area contributed by atoms with Crippen LogP contribution in [0.1, 0.15) is 73.5 Å². The topological polar surface area (TPSA) is 64.1 Å². The molecule has 2 aliphatic heterocycles. The third kappa shape index (κ3) is 6.81. The molecule has 1 aromatic heterocycles. The normalized spacial score (nSPS) is 22.7. The van der Waals surface area contributed by atoms with Crippen LogP contribution in [0.5, 0.6) is 0 Å². The fraction of sp³-hybridized carbons (Fsp3) is 0.586. The molecule has 0 radical (unpaired) electrons. The first-order valence-corrected chi connectivity index (χ1v) is 14.3. The van der Waals surface area contributed by atoms with Crippen LogP contribution in [-0.4, -0.2) is 53.6 Å². The van der Waals surface area contributed by atoms with E-state index in [4.69, 9.17) is 14.2 Å². The molecule has 3 heterocycles. The lowest BCUT2D eigenvalue weighted by molar-refractivity contribution is -0.178. The summed E-state index contributed by atoms with van der Waals surface area (Å²) in [5.74, 6) is -0.521. The van der Waals surface area contributed by atoms with Crippen molar-refractivity contribution in [2.75, 3.05) is 24.7 Å². The second-order valence-corrected chi connectivity index (χ2v) is 11.3. The van der Waals surface area contributed by atoms with Crippen LogP contribution in [0.4, 0.5) is 50.1 Å². The molecule has 1 aliphatic carbocycles. The van der Waals surface area contributed by atoms with Crippen molar-refractivity contribution in [3.63, 3.8) is 0 Å². The molecule has 1 saturated carbocycles. The fourth-order valence-corrected chi connectivity index (χ4v) is 6.24. The summed E-state index contributed by atoms with van der Waals surface area (Å²) in [6.07, 6.45) is -14.8. The van der Waals surface area contributed by atoms with Crippen molar-refractivity contribution in [2.24, 2.45) is 0 Å². The number of carbonyl (C=O) groups is 1. The fourth-order valence-electron chi connectivity index (χ4n) is 6.24. The third-order valence-electron chi connectivity index (χ3n) is 8.53. The van der Waals surface area contributed by atoms with Gasteiger partial charge in [-0.1, -0.05) is 0 Å². The number of cyclic esters (lactones) is 1. The average Bonchev–Trinajstić information content (AvgIpc) is 3.53. The Balaban J connectivity index is 1.46. The van der Waals surface area contributed by atoms with Gasteiger partial charge in [0, 0.05) is 37.2 Å². The summed E-state index contributed by atoms with van der Waals surface area (Å²) in [5, 5.41) is 0. The Morgan fingerprint density at radius 1 is 0.889 bits per heavy atom. The minimum absolute atomic E-state index is 0.00944. The smallest absolute Gasteiger partial charge is 0.417 e. The maximum absolute atomic E-state index is 13.8. The molecule has 45 heavy (non-hydrogen) atoms. The number of rotatable bonds is 6. The number of hydrogen-bond acceptors (Lipinski definition) is 6. The Labute approximate surface area is 252 Å². The van der Waals surface area contributed by atoms with E-state index < -0.39 is 71.4 Å². The second-order valence-electron chi connectivity index (χ2n) is 11.3. The van der Waals surface area contributed by atoms with E-state index in [1.54, 1.807) is 6.92 Å². The summed E-state index contributed by atoms with van der Waals surface area (Å²) >= 11 is 0. The van der Waals surface area contributed by atoms with E-state index in [1.165, 1.54) is 6.92 Å². The summed E-state index contributed by atoms with van der Waals surface area (Å²) in [6, 6.07) is 0.440. The van der Waals surface area contributed by atoms with Crippen LogP contribution >= 0.6 is 0 Å². The number of alkyl halides is 9. The van der Waals surface area contributed by atoms with Crippen molar-refractivity contribution in [1.82, 2.24) is 9.88 Å². The Morgan fingerprint density at radius 2 is 1.44 bits per heavy atom. The Bertz CT molecular complexity index is 1360. The van der Waals surface area contributed by atoms with Gasteiger partial charge in [-0.2, -0.15) is 39.5 Å². The van der Waals surface area contributed by atoms with Crippen LogP contribution in [0.25, 0.3) is 0 Å². The number of ether oxygens (including phenoxy) is 3. The quantitative estimate of drug-likeness (QED) is 0.297. The number of benzene rings is 1. The summed E-state index contributed by atoms with van der Waals surface area (Å²) in [6.45, 7) is 3.92. The van der Waals surface area contributed by atoms with Gasteiger partial charge in [-0.15, -0.1) is 0 Å². The van der Waals surface area contributed by atoms with E-state index in [1.807, 2.05) is 4.90 Å². The molecule has 3 aliphatic rings. The van der Waals surface area contributed by atoms with Gasteiger partial charge in [0.1, 0.15) is 11.9 Å². The lowest BCUT2D eigenvalue weighted by Crippen LogP contribution is -2.45. The average molecular weight is 656 g/mol. The monoisotopic (exact) mass is 655 g/mol. The van der Waals surface area contributed by atoms with E-state index in [-0.39, 0.29) is 23.5 Å². The first-order valence-electron chi connectivity index (χ1n) is 14.3. The number of pyridine rings is 1. The molecule has 2 atom stereocenters. The Morgan fingerprint density at radius 3 is 1.96 bits per heavy atom. The van der Waals surface area contributed by atoms with Gasteiger partial charge in [-0.05, 0) is 56.5 Å². The molecule has 7 nitrogen and oxygen atoms in total. The van der Waals surface area contributed by atoms with Crippen molar-refractivity contribution in [3.8, 4) is 0 Å². The predicted octanol–water partition coefficient (Wildman–Crippen LogP) is 7.73. The number of halogens is 9. The van der Waals surface area contributed by atoms with Gasteiger partial charge in [-0.3, -0.25) is 4.90 Å². The zero-order valence-electron chi connectivity index (χ0n) is 24.2. The molecule has 2 unspecified atom stereocenters. The number of amides is 1. The van der Waals surface area contributed by atoms with E-state index in [0.29, 0.717) is 63.8 Å². The number of nitrogens with zero attached hydrogens (tertiary/aromatic N) is 3. The second kappa shape index (κ2) is 11.8. The summed E-state index contributed by atoms with van der Waals surface area (Å²) in [4.78, 5) is 19.9. The van der Waals surface area contributed by atoms with E-state index in [2.05, 4.69) is 4.98 Å². The minimum Gasteiger partial charge on any atom is -0.439 e. The molecule has 2 aromatic rings. The highest BCUT2D eigenvalue weighted by Crippen LogP contribution is 2.43. The first kappa shape index (κ1) is 33.1. The lowest BCUT2D eigenvalue weighted by atomic mass is 9.88. The molecular weight excluding hydrogens is 625 g/mol. The molecular formula is C29H30F9N3O4. The van der Waals surface area contributed by atoms with Crippen LogP contribution in [0.2, 0.25) is 0 Å². The standard InChI is InChI=1S/C29H30F9N3O4/c1-3-40(22-4-6-26(7-5-22)43-8-9-44-26)24-18(12-21(14-39-24)29(36,37)38)15-41-16(2)23(45-25(41)42)17-10-19(27(30,31)32)13-20(11-17)28(33,34)35/h10-14,16,22-23H,3-9,15H2,1-2H3. The number of carbonyl (C=O) groups excluding carboxylic acids is 1. The molecule has 0 N–H and O–H groups in total. The molecule has 248 valence electrons. The van der Waals surface area contributed by atoms with Gasteiger partial charge in [0.25, 0.3) is 0 Å². The van der Waals surface area contributed by atoms with E-state index in [9.17, 15) is 44.3 Å².